The lowest BCUT2D eigenvalue weighted by Gasteiger charge is -2.17. The van der Waals surface area contributed by atoms with Crippen molar-refractivity contribution in [1.82, 2.24) is 0 Å². The van der Waals surface area contributed by atoms with E-state index in [4.69, 9.17) is 16.8 Å². The quantitative estimate of drug-likeness (QED) is 0.371. The zero-order valence-corrected chi connectivity index (χ0v) is 9.64. The summed E-state index contributed by atoms with van der Waals surface area (Å²) in [7, 11) is 0. The Bertz CT molecular complexity index is 321. The topological polar surface area (TPSA) is 32.6 Å². The van der Waals surface area contributed by atoms with Crippen molar-refractivity contribution in [3.05, 3.63) is 29.3 Å². The van der Waals surface area contributed by atoms with E-state index in [1.807, 2.05) is 38.1 Å². The molecule has 1 aromatic carbocycles. The Labute approximate surface area is 93.0 Å². The summed E-state index contributed by atoms with van der Waals surface area (Å²) in [5.41, 5.74) is 0. The third-order valence-corrected chi connectivity index (χ3v) is 2.95. The second-order valence-corrected chi connectivity index (χ2v) is 5.57. The van der Waals surface area contributed by atoms with E-state index >= 15 is 0 Å². The van der Waals surface area contributed by atoms with Gasteiger partial charge >= 0.3 is 0 Å². The Morgan fingerprint density at radius 3 is 2.43 bits per heavy atom. The fourth-order valence-corrected chi connectivity index (χ4v) is 2.08. The minimum Gasteiger partial charge on any atom is -0.411 e. The lowest BCUT2D eigenvalue weighted by atomic mass is 10.2. The van der Waals surface area contributed by atoms with Crippen LogP contribution in [0.25, 0.3) is 0 Å². The third kappa shape index (κ3) is 3.60. The summed E-state index contributed by atoms with van der Waals surface area (Å²) in [4.78, 5) is 1.10. The van der Waals surface area contributed by atoms with Crippen LogP contribution in [0.3, 0.4) is 0 Å². The number of hydrogen-bond donors (Lipinski definition) is 1. The Morgan fingerprint density at radius 1 is 1.36 bits per heavy atom. The summed E-state index contributed by atoms with van der Waals surface area (Å²) in [5, 5.41) is 12.2. The second kappa shape index (κ2) is 4.71. The maximum absolute atomic E-state index is 8.46. The maximum Gasteiger partial charge on any atom is 0.0594 e. The molecule has 0 saturated heterocycles. The molecule has 1 aromatic rings. The summed E-state index contributed by atoms with van der Waals surface area (Å²) >= 11 is 7.38. The van der Waals surface area contributed by atoms with E-state index < -0.39 is 0 Å². The van der Waals surface area contributed by atoms with Crippen molar-refractivity contribution in [1.29, 1.82) is 0 Å². The number of nitrogens with zero attached hydrogens (tertiary/aromatic N) is 1. The van der Waals surface area contributed by atoms with Crippen LogP contribution in [0.4, 0.5) is 0 Å². The predicted octanol–water partition coefficient (Wildman–Crippen LogP) is 3.67. The van der Waals surface area contributed by atoms with Gasteiger partial charge in [-0.15, -0.1) is 16.9 Å². The fraction of sp³-hybridized carbons (Fsp3) is 0.300. The normalized spacial score (nSPS) is 12.2. The van der Waals surface area contributed by atoms with Gasteiger partial charge in [-0.1, -0.05) is 11.6 Å². The van der Waals surface area contributed by atoms with Crippen LogP contribution < -0.4 is 0 Å². The summed E-state index contributed by atoms with van der Waals surface area (Å²) in [6, 6.07) is 7.58. The first-order chi connectivity index (χ1) is 6.53. The minimum atomic E-state index is -0.220. The van der Waals surface area contributed by atoms with E-state index in [0.29, 0.717) is 0 Å². The molecule has 0 radical (unpaired) electrons. The van der Waals surface area contributed by atoms with Gasteiger partial charge in [-0.3, -0.25) is 0 Å². The van der Waals surface area contributed by atoms with Crippen LogP contribution >= 0.6 is 23.4 Å². The van der Waals surface area contributed by atoms with Gasteiger partial charge in [0.1, 0.15) is 0 Å². The van der Waals surface area contributed by atoms with Gasteiger partial charge in [-0.2, -0.15) is 0 Å². The zero-order chi connectivity index (χ0) is 10.6. The van der Waals surface area contributed by atoms with Gasteiger partial charge in [-0.25, -0.2) is 0 Å². The summed E-state index contributed by atoms with van der Waals surface area (Å²) in [5.74, 6) is 0. The smallest absolute Gasteiger partial charge is 0.0594 e. The van der Waals surface area contributed by atoms with Crippen molar-refractivity contribution in [2.45, 2.75) is 23.5 Å². The Morgan fingerprint density at radius 2 is 1.93 bits per heavy atom. The molecule has 0 aliphatic rings. The first kappa shape index (κ1) is 11.4. The second-order valence-electron chi connectivity index (χ2n) is 3.40. The van der Waals surface area contributed by atoms with Crippen LogP contribution in [0.1, 0.15) is 13.8 Å². The molecule has 0 heterocycles. The highest BCUT2D eigenvalue weighted by Crippen LogP contribution is 2.31. The highest BCUT2D eigenvalue weighted by molar-refractivity contribution is 8.01. The van der Waals surface area contributed by atoms with Crippen LogP contribution in [-0.2, 0) is 0 Å². The van der Waals surface area contributed by atoms with Gasteiger partial charge in [-0.05, 0) is 38.1 Å². The van der Waals surface area contributed by atoms with Crippen LogP contribution in [0, 0.1) is 0 Å². The van der Waals surface area contributed by atoms with Crippen molar-refractivity contribution >= 4 is 29.6 Å². The highest BCUT2D eigenvalue weighted by Gasteiger charge is 2.16. The van der Waals surface area contributed by atoms with Crippen molar-refractivity contribution in [3.8, 4) is 0 Å². The van der Waals surface area contributed by atoms with Gasteiger partial charge in [0.05, 0.1) is 11.0 Å². The lowest BCUT2D eigenvalue weighted by Crippen LogP contribution is -2.15. The van der Waals surface area contributed by atoms with Gasteiger partial charge < -0.3 is 5.21 Å². The van der Waals surface area contributed by atoms with E-state index in [1.165, 1.54) is 6.21 Å². The highest BCUT2D eigenvalue weighted by atomic mass is 35.5. The number of rotatable bonds is 3. The van der Waals surface area contributed by atoms with Crippen LogP contribution in [0.15, 0.2) is 34.3 Å². The average Bonchev–Trinajstić information content (AvgIpc) is 2.08. The first-order valence-corrected chi connectivity index (χ1v) is 5.36. The zero-order valence-electron chi connectivity index (χ0n) is 8.07. The fourth-order valence-electron chi connectivity index (χ4n) is 0.972. The van der Waals surface area contributed by atoms with Gasteiger partial charge in [0.25, 0.3) is 0 Å². The van der Waals surface area contributed by atoms with Crippen LogP contribution in [0.5, 0.6) is 0 Å². The molecule has 0 spiro atoms. The van der Waals surface area contributed by atoms with Gasteiger partial charge in [0.15, 0.2) is 0 Å². The molecule has 0 saturated carbocycles. The molecular weight excluding hydrogens is 218 g/mol. The standard InChI is InChI=1S/C10H12ClNOS/c1-10(2,7-12-13)14-9-5-3-8(11)4-6-9/h3-7,13H,1-2H3/b12-7-. The SMILES string of the molecule is CC(C)(/C=N\O)Sc1ccc(Cl)cc1. The summed E-state index contributed by atoms with van der Waals surface area (Å²) < 4.78 is -0.220. The molecular formula is C10H12ClNOS. The molecule has 0 aliphatic carbocycles. The summed E-state index contributed by atoms with van der Waals surface area (Å²) in [6.45, 7) is 3.96. The number of oxime groups is 1. The van der Waals surface area contributed by atoms with E-state index in [0.717, 1.165) is 9.92 Å². The van der Waals surface area contributed by atoms with Gasteiger partial charge in [0.2, 0.25) is 0 Å². The van der Waals surface area contributed by atoms with E-state index in [9.17, 15) is 0 Å². The average molecular weight is 230 g/mol. The molecule has 0 aromatic heterocycles. The predicted molar refractivity (Wildman–Crippen MR) is 61.7 cm³/mol. The molecule has 14 heavy (non-hydrogen) atoms. The van der Waals surface area contributed by atoms with E-state index in [2.05, 4.69) is 5.16 Å². The lowest BCUT2D eigenvalue weighted by molar-refractivity contribution is 0.319. The molecule has 0 fully saturated rings. The molecule has 0 atom stereocenters. The van der Waals surface area contributed by atoms with Crippen molar-refractivity contribution in [2.75, 3.05) is 0 Å². The Balaban J connectivity index is 2.73. The number of thioether (sulfide) groups is 1. The van der Waals surface area contributed by atoms with Crippen molar-refractivity contribution < 1.29 is 5.21 Å². The number of halogens is 1. The number of benzene rings is 1. The van der Waals surface area contributed by atoms with E-state index in [1.54, 1.807) is 11.8 Å². The molecule has 4 heteroatoms. The molecule has 0 amide bonds. The van der Waals surface area contributed by atoms with Crippen LogP contribution in [0.2, 0.25) is 5.02 Å². The first-order valence-electron chi connectivity index (χ1n) is 4.17. The molecule has 1 N–H and O–H groups in total. The molecule has 76 valence electrons. The van der Waals surface area contributed by atoms with Crippen molar-refractivity contribution in [2.24, 2.45) is 5.16 Å². The van der Waals surface area contributed by atoms with Gasteiger partial charge in [0, 0.05) is 9.92 Å². The van der Waals surface area contributed by atoms with Crippen LogP contribution in [-0.4, -0.2) is 16.2 Å². The summed E-state index contributed by atoms with van der Waals surface area (Å²) in [6.07, 6.45) is 1.51. The minimum absolute atomic E-state index is 0.220. The van der Waals surface area contributed by atoms with E-state index in [-0.39, 0.29) is 4.75 Å². The monoisotopic (exact) mass is 229 g/mol. The Hall–Kier alpha value is -0.670. The number of hydrogen-bond acceptors (Lipinski definition) is 3. The third-order valence-electron chi connectivity index (χ3n) is 1.56. The molecule has 1 rings (SSSR count). The van der Waals surface area contributed by atoms with Crippen molar-refractivity contribution in [3.63, 3.8) is 0 Å². The molecule has 2 nitrogen and oxygen atoms in total. The maximum atomic E-state index is 8.46. The molecule has 0 aliphatic heterocycles. The molecule has 0 unspecified atom stereocenters. The largest absolute Gasteiger partial charge is 0.411 e. The Kier molecular flexibility index (Phi) is 3.84. The molecule has 0 bridgehead atoms.